The van der Waals surface area contributed by atoms with E-state index in [-0.39, 0.29) is 0 Å². The molecule has 0 saturated heterocycles. The first-order valence-corrected chi connectivity index (χ1v) is 14.3. The van der Waals surface area contributed by atoms with Crippen molar-refractivity contribution in [2.45, 2.75) is 0 Å². The molecule has 8 aromatic rings. The van der Waals surface area contributed by atoms with Gasteiger partial charge in [0.1, 0.15) is 11.2 Å². The largest absolute Gasteiger partial charge is 0.456 e. The standard InChI is InChI=1S/C40H27NO/c1-2-10-27(11-3-1)33-17-7-12-29-13-8-18-34(39(29)33)28-22-24-31(25-23-28)41-32-15-6-14-30(26-32)35-19-9-21-38-40(35)36-16-4-5-20-37(36)42-38/h1-26,41H. The summed E-state index contributed by atoms with van der Waals surface area (Å²) in [5.74, 6) is 0. The Hall–Kier alpha value is -5.60. The molecule has 2 nitrogen and oxygen atoms in total. The summed E-state index contributed by atoms with van der Waals surface area (Å²) in [6.45, 7) is 0. The molecule has 0 aliphatic heterocycles. The molecule has 198 valence electrons. The number of anilines is 2. The van der Waals surface area contributed by atoms with Gasteiger partial charge in [0.2, 0.25) is 0 Å². The minimum absolute atomic E-state index is 0.909. The topological polar surface area (TPSA) is 25.2 Å². The second kappa shape index (κ2) is 10.1. The third-order valence-electron chi connectivity index (χ3n) is 8.05. The lowest BCUT2D eigenvalue weighted by Crippen LogP contribution is -1.91. The molecular formula is C40H27NO. The number of hydrogen-bond donors (Lipinski definition) is 1. The molecular weight excluding hydrogens is 510 g/mol. The Balaban J connectivity index is 1.13. The molecule has 1 aromatic heterocycles. The van der Waals surface area contributed by atoms with E-state index in [0.717, 1.165) is 38.9 Å². The second-order valence-electron chi connectivity index (χ2n) is 10.6. The maximum absolute atomic E-state index is 6.13. The van der Waals surface area contributed by atoms with Gasteiger partial charge in [-0.05, 0) is 80.6 Å². The van der Waals surface area contributed by atoms with Crippen LogP contribution < -0.4 is 5.32 Å². The summed E-state index contributed by atoms with van der Waals surface area (Å²) in [5.41, 5.74) is 11.1. The van der Waals surface area contributed by atoms with Gasteiger partial charge >= 0.3 is 0 Å². The van der Waals surface area contributed by atoms with Crippen LogP contribution in [-0.2, 0) is 0 Å². The summed E-state index contributed by atoms with van der Waals surface area (Å²) in [6.07, 6.45) is 0. The van der Waals surface area contributed by atoms with Crippen molar-refractivity contribution in [1.29, 1.82) is 0 Å². The van der Waals surface area contributed by atoms with E-state index >= 15 is 0 Å². The predicted molar refractivity (Wildman–Crippen MR) is 177 cm³/mol. The van der Waals surface area contributed by atoms with Gasteiger partial charge in [0.05, 0.1) is 0 Å². The van der Waals surface area contributed by atoms with Crippen LogP contribution in [0.15, 0.2) is 162 Å². The van der Waals surface area contributed by atoms with Gasteiger partial charge in [-0.2, -0.15) is 0 Å². The Labute approximate surface area is 244 Å². The van der Waals surface area contributed by atoms with Crippen molar-refractivity contribution >= 4 is 44.1 Å². The zero-order chi connectivity index (χ0) is 27.9. The van der Waals surface area contributed by atoms with Crippen LogP contribution in [0.3, 0.4) is 0 Å². The molecule has 2 heteroatoms. The van der Waals surface area contributed by atoms with E-state index in [1.807, 2.05) is 18.2 Å². The van der Waals surface area contributed by atoms with Crippen molar-refractivity contribution < 1.29 is 4.42 Å². The quantitative estimate of drug-likeness (QED) is 0.236. The molecule has 0 radical (unpaired) electrons. The number of benzene rings is 7. The highest BCUT2D eigenvalue weighted by Crippen LogP contribution is 2.39. The summed E-state index contributed by atoms with van der Waals surface area (Å²) in [6, 6.07) is 55.6. The van der Waals surface area contributed by atoms with E-state index < -0.39 is 0 Å². The maximum atomic E-state index is 6.13. The normalized spacial score (nSPS) is 11.3. The van der Waals surface area contributed by atoms with Crippen molar-refractivity contribution in [2.75, 3.05) is 5.32 Å². The molecule has 0 spiro atoms. The molecule has 0 aliphatic carbocycles. The molecule has 0 amide bonds. The van der Waals surface area contributed by atoms with Crippen LogP contribution >= 0.6 is 0 Å². The lowest BCUT2D eigenvalue weighted by Gasteiger charge is -2.14. The van der Waals surface area contributed by atoms with Crippen molar-refractivity contribution in [3.8, 4) is 33.4 Å². The molecule has 7 aromatic carbocycles. The van der Waals surface area contributed by atoms with Crippen LogP contribution in [0.1, 0.15) is 0 Å². The van der Waals surface area contributed by atoms with Gasteiger partial charge in [0.25, 0.3) is 0 Å². The predicted octanol–water partition coefficient (Wildman–Crippen LogP) is 11.5. The van der Waals surface area contributed by atoms with E-state index in [9.17, 15) is 0 Å². The Morgan fingerprint density at radius 3 is 1.76 bits per heavy atom. The van der Waals surface area contributed by atoms with Gasteiger partial charge in [0, 0.05) is 22.1 Å². The Morgan fingerprint density at radius 1 is 0.381 bits per heavy atom. The zero-order valence-corrected chi connectivity index (χ0v) is 22.9. The van der Waals surface area contributed by atoms with Crippen molar-refractivity contribution in [3.05, 3.63) is 158 Å². The van der Waals surface area contributed by atoms with Gasteiger partial charge in [-0.15, -0.1) is 0 Å². The van der Waals surface area contributed by atoms with E-state index in [4.69, 9.17) is 4.42 Å². The Kier molecular flexibility index (Phi) is 5.82. The fourth-order valence-corrected chi connectivity index (χ4v) is 6.12. The minimum Gasteiger partial charge on any atom is -0.456 e. The second-order valence-corrected chi connectivity index (χ2v) is 10.6. The molecule has 1 heterocycles. The highest BCUT2D eigenvalue weighted by molar-refractivity contribution is 6.12. The average molecular weight is 538 g/mol. The van der Waals surface area contributed by atoms with Crippen molar-refractivity contribution in [3.63, 3.8) is 0 Å². The molecule has 0 unspecified atom stereocenters. The van der Waals surface area contributed by atoms with E-state index in [0.29, 0.717) is 0 Å². The summed E-state index contributed by atoms with van der Waals surface area (Å²) in [5, 5.41) is 8.44. The van der Waals surface area contributed by atoms with Crippen molar-refractivity contribution in [2.24, 2.45) is 0 Å². The Bertz CT molecular complexity index is 2200. The smallest absolute Gasteiger partial charge is 0.136 e. The number of fused-ring (bicyclic) bond motifs is 4. The minimum atomic E-state index is 0.909. The summed E-state index contributed by atoms with van der Waals surface area (Å²) in [4.78, 5) is 0. The SMILES string of the molecule is c1ccc(-c2cccc3cccc(-c4ccc(Nc5cccc(-c6cccc7oc8ccccc8c67)c5)cc4)c23)cc1. The fourth-order valence-electron chi connectivity index (χ4n) is 6.12. The molecule has 1 N–H and O–H groups in total. The van der Waals surface area contributed by atoms with E-state index in [1.54, 1.807) is 0 Å². The number of furan rings is 1. The molecule has 0 bridgehead atoms. The first-order valence-electron chi connectivity index (χ1n) is 14.3. The van der Waals surface area contributed by atoms with Crippen LogP contribution in [0.5, 0.6) is 0 Å². The van der Waals surface area contributed by atoms with Gasteiger partial charge < -0.3 is 9.73 Å². The first-order chi connectivity index (χ1) is 20.8. The average Bonchev–Trinajstić information content (AvgIpc) is 3.44. The Morgan fingerprint density at radius 2 is 0.976 bits per heavy atom. The lowest BCUT2D eigenvalue weighted by atomic mass is 9.91. The number of hydrogen-bond acceptors (Lipinski definition) is 2. The molecule has 42 heavy (non-hydrogen) atoms. The third-order valence-corrected chi connectivity index (χ3v) is 8.05. The summed E-state index contributed by atoms with van der Waals surface area (Å²) in [7, 11) is 0. The van der Waals surface area contributed by atoms with Crippen LogP contribution in [0.2, 0.25) is 0 Å². The van der Waals surface area contributed by atoms with Crippen LogP contribution in [0, 0.1) is 0 Å². The lowest BCUT2D eigenvalue weighted by molar-refractivity contribution is 0.669. The molecule has 0 atom stereocenters. The van der Waals surface area contributed by atoms with Crippen molar-refractivity contribution in [1.82, 2.24) is 0 Å². The first kappa shape index (κ1) is 24.2. The molecule has 0 fully saturated rings. The zero-order valence-electron chi connectivity index (χ0n) is 22.9. The van der Waals surface area contributed by atoms with Gasteiger partial charge in [-0.3, -0.25) is 0 Å². The van der Waals surface area contributed by atoms with Crippen LogP contribution in [0.25, 0.3) is 66.1 Å². The van der Waals surface area contributed by atoms with Gasteiger partial charge in [-0.25, -0.2) is 0 Å². The van der Waals surface area contributed by atoms with E-state index in [1.165, 1.54) is 38.6 Å². The van der Waals surface area contributed by atoms with Gasteiger partial charge in [0.15, 0.2) is 0 Å². The number of para-hydroxylation sites is 1. The molecule has 8 rings (SSSR count). The van der Waals surface area contributed by atoms with Crippen LogP contribution in [-0.4, -0.2) is 0 Å². The molecule has 0 aliphatic rings. The number of rotatable bonds is 5. The highest BCUT2D eigenvalue weighted by Gasteiger charge is 2.13. The summed E-state index contributed by atoms with van der Waals surface area (Å²) >= 11 is 0. The summed E-state index contributed by atoms with van der Waals surface area (Å²) < 4.78 is 6.13. The third kappa shape index (κ3) is 4.22. The molecule has 0 saturated carbocycles. The fraction of sp³-hybridized carbons (Fsp3) is 0. The maximum Gasteiger partial charge on any atom is 0.136 e. The van der Waals surface area contributed by atoms with Crippen LogP contribution in [0.4, 0.5) is 11.4 Å². The highest BCUT2D eigenvalue weighted by atomic mass is 16.3. The number of nitrogens with one attached hydrogen (secondary N) is 1. The van der Waals surface area contributed by atoms with E-state index in [2.05, 4.69) is 145 Å². The van der Waals surface area contributed by atoms with Gasteiger partial charge in [-0.1, -0.05) is 121 Å². The monoisotopic (exact) mass is 537 g/mol.